The van der Waals surface area contributed by atoms with E-state index in [1.165, 1.54) is 5.56 Å². The van der Waals surface area contributed by atoms with Crippen LogP contribution in [-0.2, 0) is 11.2 Å². The Balaban J connectivity index is 1.55. The van der Waals surface area contributed by atoms with Gasteiger partial charge in [0.1, 0.15) is 11.6 Å². The van der Waals surface area contributed by atoms with Gasteiger partial charge in [-0.3, -0.25) is 9.59 Å². The lowest BCUT2D eigenvalue weighted by atomic mass is 10.1. The standard InChI is InChI=1S/C21H26N4O3/c1-16(26)24-10-12-25(13-11-24)21(27)18-7-9-23-20(15-18)22-8-6-17-4-3-5-19(14-17)28-2/h3-5,7,9,14-15H,6,8,10-13H2,1-2H3,(H,22,23). The molecule has 7 nitrogen and oxygen atoms in total. The maximum atomic E-state index is 12.7. The van der Waals surface area contributed by atoms with E-state index in [2.05, 4.69) is 16.4 Å². The van der Waals surface area contributed by atoms with Gasteiger partial charge >= 0.3 is 0 Å². The van der Waals surface area contributed by atoms with Crippen LogP contribution in [-0.4, -0.2) is 66.4 Å². The summed E-state index contributed by atoms with van der Waals surface area (Å²) in [5.74, 6) is 1.55. The average molecular weight is 382 g/mol. The van der Waals surface area contributed by atoms with Crippen LogP contribution in [0.4, 0.5) is 5.82 Å². The van der Waals surface area contributed by atoms with Gasteiger partial charge in [-0.1, -0.05) is 12.1 Å². The van der Waals surface area contributed by atoms with Crippen molar-refractivity contribution in [2.45, 2.75) is 13.3 Å². The third-order valence-electron chi connectivity index (χ3n) is 4.87. The van der Waals surface area contributed by atoms with Gasteiger partial charge in [-0.25, -0.2) is 4.98 Å². The molecule has 0 aliphatic carbocycles. The minimum atomic E-state index is -0.0264. The van der Waals surface area contributed by atoms with Crippen LogP contribution < -0.4 is 10.1 Å². The zero-order valence-corrected chi connectivity index (χ0v) is 16.4. The molecule has 28 heavy (non-hydrogen) atoms. The van der Waals surface area contributed by atoms with Crippen LogP contribution in [0.3, 0.4) is 0 Å². The molecule has 1 aliphatic rings. The number of hydrogen-bond donors (Lipinski definition) is 1. The number of rotatable bonds is 6. The van der Waals surface area contributed by atoms with Gasteiger partial charge in [-0.15, -0.1) is 0 Å². The van der Waals surface area contributed by atoms with E-state index in [4.69, 9.17) is 4.74 Å². The highest BCUT2D eigenvalue weighted by Gasteiger charge is 2.23. The van der Waals surface area contributed by atoms with E-state index in [9.17, 15) is 9.59 Å². The van der Waals surface area contributed by atoms with E-state index in [0.717, 1.165) is 12.2 Å². The summed E-state index contributed by atoms with van der Waals surface area (Å²) in [6.45, 7) is 4.53. The van der Waals surface area contributed by atoms with E-state index >= 15 is 0 Å². The molecule has 0 unspecified atom stereocenters. The van der Waals surface area contributed by atoms with Gasteiger partial charge in [0.25, 0.3) is 5.91 Å². The number of carbonyl (C=O) groups excluding carboxylic acids is 2. The number of carbonyl (C=O) groups is 2. The van der Waals surface area contributed by atoms with Crippen molar-refractivity contribution in [3.05, 3.63) is 53.7 Å². The zero-order valence-electron chi connectivity index (χ0n) is 16.4. The molecule has 3 rings (SSSR count). The van der Waals surface area contributed by atoms with Gasteiger partial charge in [0.2, 0.25) is 5.91 Å². The quantitative estimate of drug-likeness (QED) is 0.828. The first-order valence-corrected chi connectivity index (χ1v) is 9.44. The highest BCUT2D eigenvalue weighted by molar-refractivity contribution is 5.95. The summed E-state index contributed by atoms with van der Waals surface area (Å²) >= 11 is 0. The van der Waals surface area contributed by atoms with E-state index in [0.29, 0.717) is 44.1 Å². The van der Waals surface area contributed by atoms with Gasteiger partial charge < -0.3 is 19.9 Å². The molecule has 0 saturated carbocycles. The molecule has 2 heterocycles. The van der Waals surface area contributed by atoms with E-state index in [1.54, 1.807) is 42.2 Å². The lowest BCUT2D eigenvalue weighted by Gasteiger charge is -2.34. The predicted molar refractivity (Wildman–Crippen MR) is 108 cm³/mol. The van der Waals surface area contributed by atoms with E-state index < -0.39 is 0 Å². The van der Waals surface area contributed by atoms with E-state index in [-0.39, 0.29) is 11.8 Å². The molecule has 7 heteroatoms. The van der Waals surface area contributed by atoms with Crippen molar-refractivity contribution in [2.75, 3.05) is 45.2 Å². The van der Waals surface area contributed by atoms with Crippen LogP contribution in [0.15, 0.2) is 42.6 Å². The summed E-state index contributed by atoms with van der Waals surface area (Å²) < 4.78 is 5.24. The highest BCUT2D eigenvalue weighted by Crippen LogP contribution is 2.14. The fourth-order valence-electron chi connectivity index (χ4n) is 3.23. The topological polar surface area (TPSA) is 74.8 Å². The van der Waals surface area contributed by atoms with Gasteiger partial charge in [0.15, 0.2) is 0 Å². The molecule has 0 atom stereocenters. The number of methoxy groups -OCH3 is 1. The summed E-state index contributed by atoms with van der Waals surface area (Å²) in [5, 5.41) is 3.28. The third kappa shape index (κ3) is 5.00. The molecule has 1 saturated heterocycles. The largest absolute Gasteiger partial charge is 0.497 e. The maximum absolute atomic E-state index is 12.7. The maximum Gasteiger partial charge on any atom is 0.254 e. The summed E-state index contributed by atoms with van der Waals surface area (Å²) in [5.41, 5.74) is 1.78. The Bertz CT molecular complexity index is 832. The first kappa shape index (κ1) is 19.7. The second-order valence-electron chi connectivity index (χ2n) is 6.76. The molecule has 0 bridgehead atoms. The number of anilines is 1. The number of nitrogens with one attached hydrogen (secondary N) is 1. The second kappa shape index (κ2) is 9.21. The molecule has 2 aromatic rings. The minimum Gasteiger partial charge on any atom is -0.497 e. The van der Waals surface area contributed by atoms with Gasteiger partial charge in [-0.2, -0.15) is 0 Å². The highest BCUT2D eigenvalue weighted by atomic mass is 16.5. The second-order valence-corrected chi connectivity index (χ2v) is 6.76. The average Bonchev–Trinajstić information content (AvgIpc) is 2.73. The number of aromatic nitrogens is 1. The number of benzene rings is 1. The molecule has 1 aliphatic heterocycles. The van der Waals surface area contributed by atoms with Crippen LogP contribution in [0.25, 0.3) is 0 Å². The molecular formula is C21H26N4O3. The first-order valence-electron chi connectivity index (χ1n) is 9.44. The molecule has 1 N–H and O–H groups in total. The number of hydrogen-bond acceptors (Lipinski definition) is 5. The van der Waals surface area contributed by atoms with Crippen molar-refractivity contribution in [3.8, 4) is 5.75 Å². The normalized spacial score (nSPS) is 13.9. The zero-order chi connectivity index (χ0) is 19.9. The summed E-state index contributed by atoms with van der Waals surface area (Å²) in [6.07, 6.45) is 2.47. The van der Waals surface area contributed by atoms with Crippen LogP contribution in [0.1, 0.15) is 22.8 Å². The van der Waals surface area contributed by atoms with Crippen molar-refractivity contribution >= 4 is 17.6 Å². The Hall–Kier alpha value is -3.09. The minimum absolute atomic E-state index is 0.0264. The smallest absolute Gasteiger partial charge is 0.254 e. The molecule has 0 radical (unpaired) electrons. The summed E-state index contributed by atoms with van der Waals surface area (Å²) in [4.78, 5) is 32.0. The monoisotopic (exact) mass is 382 g/mol. The van der Waals surface area contributed by atoms with Gasteiger partial charge in [-0.05, 0) is 36.2 Å². The number of nitrogens with zero attached hydrogens (tertiary/aromatic N) is 3. The van der Waals surface area contributed by atoms with E-state index in [1.807, 2.05) is 18.2 Å². The third-order valence-corrected chi connectivity index (χ3v) is 4.87. The lowest BCUT2D eigenvalue weighted by molar-refractivity contribution is -0.130. The molecule has 0 spiro atoms. The Labute approximate surface area is 165 Å². The first-order chi connectivity index (χ1) is 13.6. The van der Waals surface area contributed by atoms with Crippen LogP contribution in [0, 0.1) is 0 Å². The number of amides is 2. The number of piperazine rings is 1. The van der Waals surface area contributed by atoms with Crippen molar-refractivity contribution in [1.29, 1.82) is 0 Å². The molecule has 1 fully saturated rings. The molecule has 1 aromatic heterocycles. The van der Waals surface area contributed by atoms with Gasteiger partial charge in [0, 0.05) is 51.4 Å². The number of pyridine rings is 1. The van der Waals surface area contributed by atoms with Crippen molar-refractivity contribution < 1.29 is 14.3 Å². The number of ether oxygens (including phenoxy) is 1. The summed E-state index contributed by atoms with van der Waals surface area (Å²) in [6, 6.07) is 11.5. The Morgan fingerprint density at radius 1 is 1.11 bits per heavy atom. The molecule has 148 valence electrons. The molecular weight excluding hydrogens is 356 g/mol. The van der Waals surface area contributed by atoms with Crippen LogP contribution >= 0.6 is 0 Å². The fourth-order valence-corrected chi connectivity index (χ4v) is 3.23. The van der Waals surface area contributed by atoms with Gasteiger partial charge in [0.05, 0.1) is 7.11 Å². The molecule has 1 aromatic carbocycles. The SMILES string of the molecule is COc1cccc(CCNc2cc(C(=O)N3CCN(C(C)=O)CC3)ccn2)c1. The molecule has 2 amide bonds. The lowest BCUT2D eigenvalue weighted by Crippen LogP contribution is -2.50. The Kier molecular flexibility index (Phi) is 6.47. The Morgan fingerprint density at radius 2 is 1.86 bits per heavy atom. The predicted octanol–water partition coefficient (Wildman–Crippen LogP) is 2.05. The van der Waals surface area contributed by atoms with Crippen molar-refractivity contribution in [2.24, 2.45) is 0 Å². The van der Waals surface area contributed by atoms with Crippen molar-refractivity contribution in [3.63, 3.8) is 0 Å². The fraction of sp³-hybridized carbons (Fsp3) is 0.381. The summed E-state index contributed by atoms with van der Waals surface area (Å²) in [7, 11) is 1.66. The van der Waals surface area contributed by atoms with Crippen LogP contribution in [0.5, 0.6) is 5.75 Å². The Morgan fingerprint density at radius 3 is 2.57 bits per heavy atom. The van der Waals surface area contributed by atoms with Crippen molar-refractivity contribution in [1.82, 2.24) is 14.8 Å². The van der Waals surface area contributed by atoms with Crippen LogP contribution in [0.2, 0.25) is 0 Å².